The molecule has 1 heterocycles. The van der Waals surface area contributed by atoms with Gasteiger partial charge < -0.3 is 0 Å². The third kappa shape index (κ3) is 1.37. The topological polar surface area (TPSA) is 15.4 Å². The van der Waals surface area contributed by atoms with Gasteiger partial charge in [-0.2, -0.15) is 0 Å². The summed E-state index contributed by atoms with van der Waals surface area (Å²) in [5.74, 6) is 0. The molecule has 0 fully saturated rings. The molecule has 0 bridgehead atoms. The van der Waals surface area contributed by atoms with E-state index in [0.29, 0.717) is 12.1 Å². The van der Waals surface area contributed by atoms with Gasteiger partial charge in [-0.25, -0.2) is 0 Å². The number of hydrogen-bond donors (Lipinski definition) is 0. The van der Waals surface area contributed by atoms with Crippen LogP contribution in [0.4, 0.5) is 0 Å². The van der Waals surface area contributed by atoms with E-state index in [0.717, 1.165) is 0 Å². The number of azo groups is 2. The van der Waals surface area contributed by atoms with E-state index >= 15 is 0 Å². The molecule has 0 aromatic carbocycles. The highest BCUT2D eigenvalue weighted by Crippen LogP contribution is 2.05. The highest BCUT2D eigenvalue weighted by molar-refractivity contribution is 4.86. The zero-order chi connectivity index (χ0) is 6.85. The molecule has 0 aromatic rings. The predicted molar refractivity (Wildman–Crippen MR) is 36.4 cm³/mol. The van der Waals surface area contributed by atoms with Gasteiger partial charge in [0, 0.05) is 6.08 Å². The molecule has 0 aromatic heterocycles. The SMILES string of the molecule is CC1C=C[N+](C(C)C)=N1. The molecule has 1 unspecified atom stereocenters. The van der Waals surface area contributed by atoms with Crippen LogP contribution in [0.25, 0.3) is 0 Å². The summed E-state index contributed by atoms with van der Waals surface area (Å²) in [7, 11) is 0. The van der Waals surface area contributed by atoms with Crippen LogP contribution in [-0.4, -0.2) is 16.8 Å². The van der Waals surface area contributed by atoms with Crippen molar-refractivity contribution in [2.24, 2.45) is 5.11 Å². The summed E-state index contributed by atoms with van der Waals surface area (Å²) in [6.45, 7) is 6.34. The van der Waals surface area contributed by atoms with Crippen molar-refractivity contribution in [3.63, 3.8) is 0 Å². The van der Waals surface area contributed by atoms with Crippen molar-refractivity contribution in [1.82, 2.24) is 0 Å². The van der Waals surface area contributed by atoms with Crippen molar-refractivity contribution in [3.05, 3.63) is 12.3 Å². The van der Waals surface area contributed by atoms with Gasteiger partial charge in [-0.15, -0.1) is 0 Å². The molecule has 0 saturated carbocycles. The molecule has 1 atom stereocenters. The molecule has 9 heavy (non-hydrogen) atoms. The molecule has 2 nitrogen and oxygen atoms in total. The molecule has 0 spiro atoms. The Kier molecular flexibility index (Phi) is 1.65. The van der Waals surface area contributed by atoms with Crippen LogP contribution in [0.1, 0.15) is 20.8 Å². The highest BCUT2D eigenvalue weighted by Gasteiger charge is 2.15. The van der Waals surface area contributed by atoms with Gasteiger partial charge in [0.05, 0.1) is 0 Å². The van der Waals surface area contributed by atoms with Gasteiger partial charge in [0.25, 0.3) is 0 Å². The van der Waals surface area contributed by atoms with E-state index in [-0.39, 0.29) is 0 Å². The highest BCUT2D eigenvalue weighted by atomic mass is 15.3. The minimum atomic E-state index is 0.382. The summed E-state index contributed by atoms with van der Waals surface area (Å²) in [5, 5.41) is 4.31. The summed E-state index contributed by atoms with van der Waals surface area (Å²) in [6.07, 6.45) is 4.13. The van der Waals surface area contributed by atoms with Crippen molar-refractivity contribution in [3.8, 4) is 0 Å². The minimum absolute atomic E-state index is 0.382. The van der Waals surface area contributed by atoms with Crippen LogP contribution in [0.2, 0.25) is 0 Å². The Morgan fingerprint density at radius 3 is 2.44 bits per heavy atom. The second-order valence-electron chi connectivity index (χ2n) is 2.67. The molecule has 1 aliphatic heterocycles. The van der Waals surface area contributed by atoms with Gasteiger partial charge in [0.15, 0.2) is 12.2 Å². The number of rotatable bonds is 1. The lowest BCUT2D eigenvalue weighted by atomic mass is 10.4. The molecule has 1 rings (SSSR count). The normalized spacial score (nSPS) is 25.3. The average molecular weight is 125 g/mol. The fraction of sp³-hybridized carbons (Fsp3) is 0.714. The number of nitrogens with zero attached hydrogens (tertiary/aromatic N) is 2. The Morgan fingerprint density at radius 1 is 1.56 bits per heavy atom. The van der Waals surface area contributed by atoms with E-state index in [1.807, 2.05) is 10.9 Å². The molecule has 1 aliphatic rings. The molecule has 0 N–H and O–H groups in total. The smallest absolute Gasteiger partial charge is 0.0936 e. The van der Waals surface area contributed by atoms with Crippen molar-refractivity contribution in [1.29, 1.82) is 0 Å². The molecule has 50 valence electrons. The largest absolute Gasteiger partial charge is 0.194 e. The van der Waals surface area contributed by atoms with Crippen LogP contribution >= 0.6 is 0 Å². The lowest BCUT2D eigenvalue weighted by Gasteiger charge is -1.92. The first-order valence-electron chi connectivity index (χ1n) is 3.37. The Balaban J connectivity index is 2.64. The van der Waals surface area contributed by atoms with Gasteiger partial charge in [0.1, 0.15) is 6.04 Å². The maximum Gasteiger partial charge on any atom is 0.194 e. The summed E-state index contributed by atoms with van der Waals surface area (Å²) < 4.78 is 1.99. The van der Waals surface area contributed by atoms with Gasteiger partial charge in [-0.1, -0.05) is 4.70 Å². The van der Waals surface area contributed by atoms with E-state index in [1.165, 1.54) is 0 Å². The molecule has 0 aliphatic carbocycles. The van der Waals surface area contributed by atoms with Gasteiger partial charge >= 0.3 is 0 Å². The molecule has 0 saturated heterocycles. The van der Waals surface area contributed by atoms with Gasteiger partial charge in [0.2, 0.25) is 0 Å². The standard InChI is InChI=1S/C7H13N2/c1-6(2)9-5-4-7(3)8-9/h4-7H,1-3H3/q+1. The summed E-state index contributed by atoms with van der Waals surface area (Å²) >= 11 is 0. The second kappa shape index (κ2) is 2.29. The molecule has 0 radical (unpaired) electrons. The molecular weight excluding hydrogens is 112 g/mol. The Hall–Kier alpha value is -0.660. The van der Waals surface area contributed by atoms with E-state index in [1.54, 1.807) is 0 Å². The van der Waals surface area contributed by atoms with Crippen molar-refractivity contribution in [2.75, 3.05) is 0 Å². The van der Waals surface area contributed by atoms with Gasteiger partial charge in [-0.3, -0.25) is 0 Å². The van der Waals surface area contributed by atoms with Crippen molar-refractivity contribution < 1.29 is 4.70 Å². The molecular formula is C7H13N2+. The van der Waals surface area contributed by atoms with Crippen LogP contribution in [0, 0.1) is 0 Å². The lowest BCUT2D eigenvalue weighted by molar-refractivity contribution is -0.555. The van der Waals surface area contributed by atoms with E-state index in [4.69, 9.17) is 0 Å². The van der Waals surface area contributed by atoms with E-state index < -0.39 is 0 Å². The fourth-order valence-corrected chi connectivity index (χ4v) is 0.805. The van der Waals surface area contributed by atoms with Crippen LogP contribution in [0.5, 0.6) is 0 Å². The first kappa shape index (κ1) is 6.46. The first-order chi connectivity index (χ1) is 4.20. The van der Waals surface area contributed by atoms with Crippen LogP contribution in [0.15, 0.2) is 17.4 Å². The van der Waals surface area contributed by atoms with Crippen LogP contribution in [0.3, 0.4) is 0 Å². The van der Waals surface area contributed by atoms with E-state index in [9.17, 15) is 0 Å². The van der Waals surface area contributed by atoms with Gasteiger partial charge in [-0.05, 0) is 25.9 Å². The minimum Gasteiger partial charge on any atom is -0.0936 e. The Morgan fingerprint density at radius 2 is 2.22 bits per heavy atom. The maximum absolute atomic E-state index is 4.31. The maximum atomic E-state index is 4.31. The molecule has 0 amide bonds. The third-order valence-electron chi connectivity index (χ3n) is 1.36. The fourth-order valence-electron chi connectivity index (χ4n) is 0.805. The predicted octanol–water partition coefficient (Wildman–Crippen LogP) is 1.78. The second-order valence-corrected chi connectivity index (χ2v) is 2.67. The van der Waals surface area contributed by atoms with Crippen molar-refractivity contribution >= 4 is 0 Å². The Labute approximate surface area is 55.9 Å². The lowest BCUT2D eigenvalue weighted by Crippen LogP contribution is -2.10. The Bertz CT molecular complexity index is 156. The average Bonchev–Trinajstić information content (AvgIpc) is 2.14. The number of hydrogen-bond acceptors (Lipinski definition) is 1. The zero-order valence-corrected chi connectivity index (χ0v) is 6.20. The summed E-state index contributed by atoms with van der Waals surface area (Å²) in [6, 6.07) is 0.888. The van der Waals surface area contributed by atoms with E-state index in [2.05, 4.69) is 32.0 Å². The third-order valence-corrected chi connectivity index (χ3v) is 1.36. The van der Waals surface area contributed by atoms with Crippen molar-refractivity contribution in [2.45, 2.75) is 32.9 Å². The summed E-state index contributed by atoms with van der Waals surface area (Å²) in [4.78, 5) is 0. The first-order valence-corrected chi connectivity index (χ1v) is 3.37. The monoisotopic (exact) mass is 125 g/mol. The van der Waals surface area contributed by atoms with Crippen LogP contribution in [-0.2, 0) is 0 Å². The quantitative estimate of drug-likeness (QED) is 0.475. The molecule has 2 heteroatoms. The summed E-state index contributed by atoms with van der Waals surface area (Å²) in [5.41, 5.74) is 0. The van der Waals surface area contributed by atoms with Crippen LogP contribution < -0.4 is 0 Å². The zero-order valence-electron chi connectivity index (χ0n) is 6.20.